The Morgan fingerprint density at radius 2 is 1.89 bits per heavy atom. The summed E-state index contributed by atoms with van der Waals surface area (Å²) >= 11 is 5.68. The third-order valence-electron chi connectivity index (χ3n) is 2.89. The molecule has 0 bridgehead atoms. The van der Waals surface area contributed by atoms with Crippen molar-refractivity contribution in [1.82, 2.24) is 0 Å². The van der Waals surface area contributed by atoms with Crippen LogP contribution in [0.25, 0.3) is 0 Å². The van der Waals surface area contributed by atoms with Gasteiger partial charge in [0.1, 0.15) is 5.82 Å². The molecule has 0 radical (unpaired) electrons. The number of amides is 1. The number of benzene rings is 2. The molecule has 2 aromatic rings. The van der Waals surface area contributed by atoms with Gasteiger partial charge in [0.05, 0.1) is 0 Å². The van der Waals surface area contributed by atoms with Crippen LogP contribution in [0.4, 0.5) is 10.1 Å². The Hall–Kier alpha value is -1.87. The quantitative estimate of drug-likeness (QED) is 0.840. The number of anilines is 1. The second-order valence-electron chi connectivity index (χ2n) is 4.20. The lowest BCUT2D eigenvalue weighted by Crippen LogP contribution is -2.13. The first-order valence-corrected chi connectivity index (χ1v) is 6.36. The highest BCUT2D eigenvalue weighted by Gasteiger charge is 2.09. The predicted octanol–water partition coefficient (Wildman–Crippen LogP) is 4.13. The van der Waals surface area contributed by atoms with E-state index < -0.39 is 0 Å². The van der Waals surface area contributed by atoms with Crippen molar-refractivity contribution in [3.8, 4) is 0 Å². The van der Waals surface area contributed by atoms with Gasteiger partial charge in [-0.2, -0.15) is 0 Å². The molecule has 0 saturated heterocycles. The van der Waals surface area contributed by atoms with Crippen molar-refractivity contribution in [3.05, 3.63) is 65.0 Å². The van der Waals surface area contributed by atoms with E-state index in [1.165, 1.54) is 6.07 Å². The van der Waals surface area contributed by atoms with Crippen molar-refractivity contribution in [2.45, 2.75) is 12.8 Å². The summed E-state index contributed by atoms with van der Waals surface area (Å²) in [5.41, 5.74) is 2.36. The summed E-state index contributed by atoms with van der Waals surface area (Å²) in [5, 5.41) is 2.69. The molecule has 0 unspecified atom stereocenters. The third kappa shape index (κ3) is 3.12. The zero-order chi connectivity index (χ0) is 13.8. The van der Waals surface area contributed by atoms with Crippen LogP contribution in [0.5, 0.6) is 0 Å². The van der Waals surface area contributed by atoms with Gasteiger partial charge in [0.15, 0.2) is 0 Å². The second kappa shape index (κ2) is 5.85. The molecule has 1 amide bonds. The Labute approximate surface area is 116 Å². The minimum Gasteiger partial charge on any atom is -0.322 e. The number of carbonyl (C=O) groups excluding carboxylic acids is 1. The lowest BCUT2D eigenvalue weighted by atomic mass is 10.1. The fraction of sp³-hybridized carbons (Fsp3) is 0.133. The van der Waals surface area contributed by atoms with E-state index in [0.29, 0.717) is 22.7 Å². The van der Waals surface area contributed by atoms with E-state index >= 15 is 0 Å². The first kappa shape index (κ1) is 13.6. The molecule has 0 aliphatic heterocycles. The molecule has 1 N–H and O–H groups in total. The summed E-state index contributed by atoms with van der Waals surface area (Å²) < 4.78 is 13.4. The fourth-order valence-corrected chi connectivity index (χ4v) is 1.86. The number of hydrogen-bond acceptors (Lipinski definition) is 1. The highest BCUT2D eigenvalue weighted by molar-refractivity contribution is 6.17. The molecule has 2 aromatic carbocycles. The maximum atomic E-state index is 13.4. The summed E-state index contributed by atoms with van der Waals surface area (Å²) in [4.78, 5) is 12.0. The highest BCUT2D eigenvalue weighted by atomic mass is 35.5. The molecule has 0 aliphatic carbocycles. The van der Waals surface area contributed by atoms with Gasteiger partial charge in [0, 0.05) is 22.7 Å². The average molecular weight is 278 g/mol. The Morgan fingerprint density at radius 3 is 2.53 bits per heavy atom. The van der Waals surface area contributed by atoms with Gasteiger partial charge in [-0.3, -0.25) is 4.79 Å². The van der Waals surface area contributed by atoms with Crippen molar-refractivity contribution in [2.75, 3.05) is 5.32 Å². The highest BCUT2D eigenvalue weighted by Crippen LogP contribution is 2.18. The van der Waals surface area contributed by atoms with Crippen LogP contribution >= 0.6 is 11.6 Å². The molecular formula is C15H13ClFNO. The van der Waals surface area contributed by atoms with E-state index in [4.69, 9.17) is 11.6 Å². The second-order valence-corrected chi connectivity index (χ2v) is 4.46. The third-order valence-corrected chi connectivity index (χ3v) is 3.19. The van der Waals surface area contributed by atoms with Gasteiger partial charge in [-0.1, -0.05) is 18.2 Å². The molecule has 19 heavy (non-hydrogen) atoms. The van der Waals surface area contributed by atoms with Crippen LogP contribution in [0.3, 0.4) is 0 Å². The van der Waals surface area contributed by atoms with Crippen molar-refractivity contribution in [3.63, 3.8) is 0 Å². The van der Waals surface area contributed by atoms with Crippen molar-refractivity contribution < 1.29 is 9.18 Å². The first-order chi connectivity index (χ1) is 9.11. The normalized spacial score (nSPS) is 10.3. The fourth-order valence-electron chi connectivity index (χ4n) is 1.68. The maximum absolute atomic E-state index is 13.4. The molecular weight excluding hydrogens is 265 g/mol. The van der Waals surface area contributed by atoms with Gasteiger partial charge in [0.2, 0.25) is 0 Å². The van der Waals surface area contributed by atoms with Crippen LogP contribution in [0.1, 0.15) is 21.5 Å². The number of alkyl halides is 1. The lowest BCUT2D eigenvalue weighted by molar-refractivity contribution is 0.102. The molecule has 4 heteroatoms. The van der Waals surface area contributed by atoms with E-state index in [1.807, 2.05) is 0 Å². The summed E-state index contributed by atoms with van der Waals surface area (Å²) in [6.07, 6.45) is 0. The zero-order valence-corrected chi connectivity index (χ0v) is 11.2. The van der Waals surface area contributed by atoms with E-state index in [1.54, 1.807) is 43.3 Å². The minimum absolute atomic E-state index is 0.269. The number of halogens is 2. The van der Waals surface area contributed by atoms with Gasteiger partial charge in [0.25, 0.3) is 5.91 Å². The Balaban J connectivity index is 2.18. The van der Waals surface area contributed by atoms with Crippen LogP contribution < -0.4 is 5.32 Å². The Bertz CT molecular complexity index is 596. The summed E-state index contributed by atoms with van der Waals surface area (Å²) in [7, 11) is 0. The van der Waals surface area contributed by atoms with Gasteiger partial charge >= 0.3 is 0 Å². The SMILES string of the molecule is Cc1c(F)cccc1NC(=O)c1ccc(CCl)cc1. The minimum atomic E-state index is -0.338. The number of carbonyl (C=O) groups is 1. The van der Waals surface area contributed by atoms with Gasteiger partial charge in [-0.15, -0.1) is 11.6 Å². The van der Waals surface area contributed by atoms with Crippen molar-refractivity contribution >= 4 is 23.2 Å². The van der Waals surface area contributed by atoms with Crippen molar-refractivity contribution in [2.24, 2.45) is 0 Å². The van der Waals surface area contributed by atoms with Crippen LogP contribution in [-0.4, -0.2) is 5.91 Å². The van der Waals surface area contributed by atoms with Crippen LogP contribution in [0, 0.1) is 12.7 Å². The topological polar surface area (TPSA) is 29.1 Å². The molecule has 0 saturated carbocycles. The van der Waals surface area contributed by atoms with Crippen LogP contribution in [0.2, 0.25) is 0 Å². The Morgan fingerprint density at radius 1 is 1.21 bits per heavy atom. The van der Waals surface area contributed by atoms with E-state index in [9.17, 15) is 9.18 Å². The monoisotopic (exact) mass is 277 g/mol. The summed E-state index contributed by atoms with van der Waals surface area (Å²) in [6.45, 7) is 1.63. The molecule has 2 rings (SSSR count). The van der Waals surface area contributed by atoms with Crippen LogP contribution in [0.15, 0.2) is 42.5 Å². The molecule has 98 valence electrons. The zero-order valence-electron chi connectivity index (χ0n) is 10.4. The first-order valence-electron chi connectivity index (χ1n) is 5.83. The Kier molecular flexibility index (Phi) is 4.17. The molecule has 0 aliphatic rings. The van der Waals surface area contributed by atoms with Crippen molar-refractivity contribution in [1.29, 1.82) is 0 Å². The largest absolute Gasteiger partial charge is 0.322 e. The van der Waals surface area contributed by atoms with E-state index in [0.717, 1.165) is 5.56 Å². The number of nitrogens with one attached hydrogen (secondary N) is 1. The van der Waals surface area contributed by atoms with E-state index in [-0.39, 0.29) is 11.7 Å². The lowest BCUT2D eigenvalue weighted by Gasteiger charge is -2.09. The summed E-state index contributed by atoms with van der Waals surface area (Å²) in [6, 6.07) is 11.6. The molecule has 0 aromatic heterocycles. The molecule has 2 nitrogen and oxygen atoms in total. The van der Waals surface area contributed by atoms with Gasteiger partial charge < -0.3 is 5.32 Å². The molecule has 0 heterocycles. The van der Waals surface area contributed by atoms with E-state index in [2.05, 4.69) is 5.32 Å². The molecule has 0 spiro atoms. The predicted molar refractivity (Wildman–Crippen MR) is 75.1 cm³/mol. The summed E-state index contributed by atoms with van der Waals surface area (Å²) in [5.74, 6) is -0.199. The van der Waals surface area contributed by atoms with Gasteiger partial charge in [-0.05, 0) is 36.8 Å². The molecule has 0 fully saturated rings. The van der Waals surface area contributed by atoms with Gasteiger partial charge in [-0.25, -0.2) is 4.39 Å². The average Bonchev–Trinajstić information content (AvgIpc) is 2.44. The molecule has 0 atom stereocenters. The standard InChI is InChI=1S/C15H13ClFNO/c1-10-13(17)3-2-4-14(10)18-15(19)12-7-5-11(9-16)6-8-12/h2-8H,9H2,1H3,(H,18,19). The maximum Gasteiger partial charge on any atom is 0.255 e. The number of hydrogen-bond donors (Lipinski definition) is 1. The smallest absolute Gasteiger partial charge is 0.255 e. The number of rotatable bonds is 3. The van der Waals surface area contributed by atoms with Crippen LogP contribution in [-0.2, 0) is 5.88 Å².